The van der Waals surface area contributed by atoms with Crippen molar-refractivity contribution < 1.29 is 40.0 Å². The molecular weight excluding hydrogens is 499 g/mol. The fraction of sp³-hybridized carbons (Fsp3) is 0.240. The molecule has 0 bridgehead atoms. The maximum atomic E-state index is 13.1. The summed E-state index contributed by atoms with van der Waals surface area (Å²) in [6, 6.07) is 15.9. The molecule has 3 aromatic rings. The van der Waals surface area contributed by atoms with Gasteiger partial charge in [0.1, 0.15) is 16.4 Å². The normalized spacial score (nSPS) is 11.7. The number of methoxy groups -OCH3 is 2. The van der Waals surface area contributed by atoms with Crippen molar-refractivity contribution in [3.8, 4) is 11.5 Å². The first kappa shape index (κ1) is 27.0. The number of alkyl halides is 3. The van der Waals surface area contributed by atoms with Crippen LogP contribution in [0.2, 0.25) is 0 Å². The Balaban J connectivity index is 1.75. The van der Waals surface area contributed by atoms with Gasteiger partial charge in [-0.05, 0) is 54.1 Å². The van der Waals surface area contributed by atoms with Gasteiger partial charge in [0.05, 0.1) is 19.3 Å². The van der Waals surface area contributed by atoms with E-state index in [2.05, 4.69) is 0 Å². The third kappa shape index (κ3) is 6.98. The summed E-state index contributed by atoms with van der Waals surface area (Å²) in [5, 5.41) is 0. The molecule has 0 aliphatic heterocycles. The number of amides is 1. The Labute approximate surface area is 207 Å². The van der Waals surface area contributed by atoms with E-state index < -0.39 is 26.8 Å². The molecule has 0 saturated carbocycles. The van der Waals surface area contributed by atoms with Gasteiger partial charge in [-0.25, -0.2) is 0 Å². The van der Waals surface area contributed by atoms with E-state index in [1.54, 1.807) is 41.3 Å². The van der Waals surface area contributed by atoms with Crippen LogP contribution in [-0.4, -0.2) is 46.6 Å². The van der Waals surface area contributed by atoms with Crippen molar-refractivity contribution in [3.63, 3.8) is 0 Å². The van der Waals surface area contributed by atoms with Gasteiger partial charge in [0.25, 0.3) is 5.91 Å². The number of rotatable bonds is 10. The van der Waals surface area contributed by atoms with Gasteiger partial charge < -0.3 is 18.6 Å². The SMILES string of the molecule is COCCN(Cc1ccc(OS(=O)(=O)c2cccc(C(F)(F)F)c2)cc1)C(=O)c1cccc(OC)c1. The standard InChI is InChI=1S/C25H24F3NO6S/c1-33-14-13-29(24(30)19-5-3-7-22(15-19)34-2)17-18-9-11-21(12-10-18)35-36(31,32)23-8-4-6-20(16-23)25(26,27)28/h3-12,15-16H,13-14,17H2,1-2H3. The summed E-state index contributed by atoms with van der Waals surface area (Å²) >= 11 is 0. The van der Waals surface area contributed by atoms with E-state index in [0.717, 1.165) is 18.2 Å². The van der Waals surface area contributed by atoms with E-state index in [9.17, 15) is 26.4 Å². The Morgan fingerprint density at radius 2 is 1.61 bits per heavy atom. The molecule has 3 aromatic carbocycles. The first-order valence-electron chi connectivity index (χ1n) is 10.7. The van der Waals surface area contributed by atoms with E-state index in [0.29, 0.717) is 36.1 Å². The molecule has 7 nitrogen and oxygen atoms in total. The van der Waals surface area contributed by atoms with Crippen molar-refractivity contribution in [1.29, 1.82) is 0 Å². The molecule has 0 atom stereocenters. The fourth-order valence-electron chi connectivity index (χ4n) is 3.27. The molecule has 0 radical (unpaired) electrons. The molecule has 1 amide bonds. The average molecular weight is 524 g/mol. The molecule has 0 unspecified atom stereocenters. The van der Waals surface area contributed by atoms with Gasteiger partial charge >= 0.3 is 16.3 Å². The number of carbonyl (C=O) groups is 1. The Hall–Kier alpha value is -3.57. The van der Waals surface area contributed by atoms with Crippen molar-refractivity contribution in [1.82, 2.24) is 4.90 Å². The van der Waals surface area contributed by atoms with Gasteiger partial charge in [-0.15, -0.1) is 0 Å². The molecule has 11 heteroatoms. The maximum absolute atomic E-state index is 13.1. The van der Waals surface area contributed by atoms with Crippen LogP contribution in [0.3, 0.4) is 0 Å². The zero-order valence-corrected chi connectivity index (χ0v) is 20.3. The quantitative estimate of drug-likeness (QED) is 0.356. The van der Waals surface area contributed by atoms with Crippen molar-refractivity contribution in [2.75, 3.05) is 27.4 Å². The van der Waals surface area contributed by atoms with Gasteiger partial charge in [0.2, 0.25) is 0 Å². The summed E-state index contributed by atoms with van der Waals surface area (Å²) in [6.45, 7) is 0.793. The molecule has 192 valence electrons. The van der Waals surface area contributed by atoms with Gasteiger partial charge in [-0.1, -0.05) is 24.3 Å². The predicted molar refractivity (Wildman–Crippen MR) is 125 cm³/mol. The molecule has 0 N–H and O–H groups in total. The summed E-state index contributed by atoms with van der Waals surface area (Å²) in [7, 11) is -1.47. The minimum absolute atomic E-state index is 0.0845. The van der Waals surface area contributed by atoms with Gasteiger partial charge in [0.15, 0.2) is 0 Å². The van der Waals surface area contributed by atoms with Crippen LogP contribution < -0.4 is 8.92 Å². The van der Waals surface area contributed by atoms with Crippen LogP contribution in [0.15, 0.2) is 77.7 Å². The van der Waals surface area contributed by atoms with E-state index in [-0.39, 0.29) is 18.2 Å². The minimum Gasteiger partial charge on any atom is -0.497 e. The zero-order valence-electron chi connectivity index (χ0n) is 19.5. The summed E-state index contributed by atoms with van der Waals surface area (Å²) in [5.74, 6) is 0.202. The Bertz CT molecular complexity index is 1290. The minimum atomic E-state index is -4.69. The second kappa shape index (κ2) is 11.4. The number of ether oxygens (including phenoxy) is 2. The van der Waals surface area contributed by atoms with Crippen LogP contribution in [0.5, 0.6) is 11.5 Å². The van der Waals surface area contributed by atoms with Crippen molar-refractivity contribution in [2.24, 2.45) is 0 Å². The van der Waals surface area contributed by atoms with Gasteiger partial charge in [-0.3, -0.25) is 4.79 Å². The van der Waals surface area contributed by atoms with E-state index in [4.69, 9.17) is 13.7 Å². The first-order chi connectivity index (χ1) is 17.0. The molecule has 0 fully saturated rings. The first-order valence-corrected chi connectivity index (χ1v) is 12.1. The number of hydrogen-bond acceptors (Lipinski definition) is 6. The lowest BCUT2D eigenvalue weighted by Crippen LogP contribution is -2.33. The highest BCUT2D eigenvalue weighted by Crippen LogP contribution is 2.31. The molecule has 0 aliphatic carbocycles. The lowest BCUT2D eigenvalue weighted by atomic mass is 10.1. The van der Waals surface area contributed by atoms with Crippen LogP contribution in [0.1, 0.15) is 21.5 Å². The topological polar surface area (TPSA) is 82.1 Å². The third-order valence-corrected chi connectivity index (χ3v) is 6.37. The number of hydrogen-bond donors (Lipinski definition) is 0. The smallest absolute Gasteiger partial charge is 0.416 e. The van der Waals surface area contributed by atoms with Gasteiger partial charge in [0, 0.05) is 25.8 Å². The van der Waals surface area contributed by atoms with Crippen LogP contribution in [0, 0.1) is 0 Å². The number of carbonyl (C=O) groups excluding carboxylic acids is 1. The second-order valence-corrected chi connectivity index (χ2v) is 9.20. The third-order valence-electron chi connectivity index (χ3n) is 5.12. The predicted octanol–water partition coefficient (Wildman–Crippen LogP) is 4.77. The van der Waals surface area contributed by atoms with Crippen molar-refractivity contribution >= 4 is 16.0 Å². The number of nitrogens with zero attached hydrogens (tertiary/aromatic N) is 1. The Kier molecular flexibility index (Phi) is 8.59. The molecule has 0 aliphatic rings. The molecule has 3 rings (SSSR count). The van der Waals surface area contributed by atoms with Crippen LogP contribution in [-0.2, 0) is 27.6 Å². The fourth-order valence-corrected chi connectivity index (χ4v) is 4.24. The summed E-state index contributed by atoms with van der Waals surface area (Å²) in [5.41, 5.74) is 0.00290. The van der Waals surface area contributed by atoms with Crippen molar-refractivity contribution in [3.05, 3.63) is 89.5 Å². The number of benzene rings is 3. The van der Waals surface area contributed by atoms with Crippen LogP contribution in [0.25, 0.3) is 0 Å². The highest BCUT2D eigenvalue weighted by Gasteiger charge is 2.32. The van der Waals surface area contributed by atoms with E-state index >= 15 is 0 Å². The molecule has 0 heterocycles. The molecular formula is C25H24F3NO6S. The van der Waals surface area contributed by atoms with Crippen molar-refractivity contribution in [2.45, 2.75) is 17.6 Å². The summed E-state index contributed by atoms with van der Waals surface area (Å²) < 4.78 is 79.1. The van der Waals surface area contributed by atoms with Gasteiger partial charge in [-0.2, -0.15) is 21.6 Å². The molecule has 0 saturated heterocycles. The number of halogens is 3. The molecule has 0 aromatic heterocycles. The molecule has 36 heavy (non-hydrogen) atoms. The monoisotopic (exact) mass is 523 g/mol. The highest BCUT2D eigenvalue weighted by atomic mass is 32.2. The zero-order chi connectivity index (χ0) is 26.3. The lowest BCUT2D eigenvalue weighted by molar-refractivity contribution is -0.137. The lowest BCUT2D eigenvalue weighted by Gasteiger charge is -2.23. The van der Waals surface area contributed by atoms with Crippen LogP contribution in [0.4, 0.5) is 13.2 Å². The largest absolute Gasteiger partial charge is 0.497 e. The van der Waals surface area contributed by atoms with E-state index in [1.807, 2.05) is 0 Å². The Morgan fingerprint density at radius 3 is 2.25 bits per heavy atom. The van der Waals surface area contributed by atoms with E-state index in [1.165, 1.54) is 26.4 Å². The average Bonchev–Trinajstić information content (AvgIpc) is 2.86. The summed E-state index contributed by atoms with van der Waals surface area (Å²) in [4.78, 5) is 14.0. The van der Waals surface area contributed by atoms with Crippen LogP contribution >= 0.6 is 0 Å². The maximum Gasteiger partial charge on any atom is 0.416 e. The highest BCUT2D eigenvalue weighted by molar-refractivity contribution is 7.87. The summed E-state index contributed by atoms with van der Waals surface area (Å²) in [6.07, 6.45) is -4.69. The second-order valence-electron chi connectivity index (χ2n) is 7.66. The Morgan fingerprint density at radius 1 is 0.917 bits per heavy atom. The molecule has 0 spiro atoms.